The molecule has 3 N–H and O–H groups in total. The Morgan fingerprint density at radius 3 is 2.48 bits per heavy atom. The number of aromatic nitrogens is 3. The number of rotatable bonds is 4. The van der Waals surface area contributed by atoms with E-state index in [0.29, 0.717) is 25.1 Å². The zero-order valence-electron chi connectivity index (χ0n) is 14.3. The van der Waals surface area contributed by atoms with Crippen molar-refractivity contribution in [3.63, 3.8) is 0 Å². The molecule has 6 rings (SSSR count). The van der Waals surface area contributed by atoms with Gasteiger partial charge in [0.2, 0.25) is 0 Å². The monoisotopic (exact) mass is 382 g/mol. The summed E-state index contributed by atoms with van der Waals surface area (Å²) in [5.41, 5.74) is 3.23. The van der Waals surface area contributed by atoms with Crippen LogP contribution in [-0.2, 0) is 11.7 Å². The molecule has 4 fully saturated rings. The van der Waals surface area contributed by atoms with Crippen molar-refractivity contribution in [1.29, 1.82) is 0 Å². The van der Waals surface area contributed by atoms with E-state index >= 15 is 0 Å². The number of anilines is 1. The van der Waals surface area contributed by atoms with Gasteiger partial charge in [0.1, 0.15) is 23.4 Å². The SMILES string of the molecule is Nc1ncc(-c2cn(C34CC(F)(C3)C4)c(C(O)C3CC3)n2)cc1C(F)(F)F. The molecular formula is C18H18F4N4O. The number of nitrogens with two attached hydrogens (primary N) is 1. The van der Waals surface area contributed by atoms with Crippen LogP contribution in [-0.4, -0.2) is 25.3 Å². The van der Waals surface area contributed by atoms with Crippen molar-refractivity contribution in [3.8, 4) is 11.3 Å². The Morgan fingerprint density at radius 1 is 1.26 bits per heavy atom. The Balaban J connectivity index is 1.58. The second-order valence-corrected chi connectivity index (χ2v) is 8.20. The molecule has 0 amide bonds. The van der Waals surface area contributed by atoms with Crippen LogP contribution >= 0.6 is 0 Å². The normalized spacial score (nSPS) is 30.6. The summed E-state index contributed by atoms with van der Waals surface area (Å²) in [6.45, 7) is 0. The van der Waals surface area contributed by atoms with E-state index in [1.54, 1.807) is 10.8 Å². The number of halogens is 4. The number of hydrogen-bond donors (Lipinski definition) is 2. The summed E-state index contributed by atoms with van der Waals surface area (Å²) >= 11 is 0. The highest BCUT2D eigenvalue weighted by molar-refractivity contribution is 5.62. The van der Waals surface area contributed by atoms with Crippen LogP contribution in [0, 0.1) is 5.92 Å². The number of aliphatic hydroxyl groups is 1. The smallest absolute Gasteiger partial charge is 0.385 e. The molecule has 2 heterocycles. The van der Waals surface area contributed by atoms with E-state index in [4.69, 9.17) is 5.73 Å². The van der Waals surface area contributed by atoms with E-state index in [2.05, 4.69) is 9.97 Å². The van der Waals surface area contributed by atoms with Crippen LogP contribution in [0.25, 0.3) is 11.3 Å². The maximum atomic E-state index is 14.0. The second kappa shape index (κ2) is 5.01. The molecule has 0 aromatic carbocycles. The number of imidazole rings is 1. The second-order valence-electron chi connectivity index (χ2n) is 8.20. The van der Waals surface area contributed by atoms with Crippen molar-refractivity contribution in [2.24, 2.45) is 5.92 Å². The van der Waals surface area contributed by atoms with E-state index in [-0.39, 0.29) is 17.2 Å². The van der Waals surface area contributed by atoms with E-state index < -0.39 is 34.9 Å². The molecule has 2 aromatic rings. The van der Waals surface area contributed by atoms with Crippen molar-refractivity contribution < 1.29 is 22.7 Å². The fraction of sp³-hybridized carbons (Fsp3) is 0.556. The zero-order valence-corrected chi connectivity index (χ0v) is 14.3. The first kappa shape index (κ1) is 17.0. The maximum Gasteiger partial charge on any atom is 0.419 e. The Kier molecular flexibility index (Phi) is 3.15. The lowest BCUT2D eigenvalue weighted by atomic mass is 9.47. The summed E-state index contributed by atoms with van der Waals surface area (Å²) in [7, 11) is 0. The third-order valence-corrected chi connectivity index (χ3v) is 6.03. The third kappa shape index (κ3) is 2.47. The first-order chi connectivity index (χ1) is 12.6. The van der Waals surface area contributed by atoms with E-state index in [1.165, 1.54) is 6.20 Å². The topological polar surface area (TPSA) is 77.0 Å². The van der Waals surface area contributed by atoms with Crippen LogP contribution in [0.5, 0.6) is 0 Å². The lowest BCUT2D eigenvalue weighted by Crippen LogP contribution is -2.70. The Hall–Kier alpha value is -2.16. The van der Waals surface area contributed by atoms with Crippen LogP contribution < -0.4 is 5.73 Å². The van der Waals surface area contributed by atoms with Gasteiger partial charge in [-0.05, 0) is 24.8 Å². The highest BCUT2D eigenvalue weighted by atomic mass is 19.4. The standard InChI is InChI=1S/C18H18F4N4O/c19-16-6-17(7-16,8-16)26-5-12(25-15(26)13(27)9-1-2-9)10-3-11(18(20,21)22)14(23)24-4-10/h3-5,9,13,27H,1-2,6-8H2,(H2,23,24). The van der Waals surface area contributed by atoms with Gasteiger partial charge in [0.15, 0.2) is 0 Å². The molecule has 4 saturated carbocycles. The number of hydrogen-bond acceptors (Lipinski definition) is 4. The van der Waals surface area contributed by atoms with Gasteiger partial charge in [-0.1, -0.05) is 0 Å². The van der Waals surface area contributed by atoms with Gasteiger partial charge in [-0.3, -0.25) is 0 Å². The molecule has 2 aromatic heterocycles. The van der Waals surface area contributed by atoms with Crippen LogP contribution in [0.4, 0.5) is 23.4 Å². The minimum atomic E-state index is -4.62. The molecule has 144 valence electrons. The number of alkyl halides is 4. The molecule has 4 aliphatic carbocycles. The fourth-order valence-corrected chi connectivity index (χ4v) is 4.46. The third-order valence-electron chi connectivity index (χ3n) is 6.03. The molecular weight excluding hydrogens is 364 g/mol. The predicted molar refractivity (Wildman–Crippen MR) is 88.2 cm³/mol. The molecule has 9 heteroatoms. The van der Waals surface area contributed by atoms with Gasteiger partial charge in [0, 0.05) is 37.2 Å². The van der Waals surface area contributed by atoms with Gasteiger partial charge < -0.3 is 15.4 Å². The molecule has 0 saturated heterocycles. The molecule has 0 aliphatic heterocycles. The van der Waals surface area contributed by atoms with Gasteiger partial charge in [0.25, 0.3) is 0 Å². The molecule has 4 aliphatic rings. The number of nitrogen functional groups attached to an aromatic ring is 1. The molecule has 5 nitrogen and oxygen atoms in total. The van der Waals surface area contributed by atoms with E-state index in [1.807, 2.05) is 0 Å². The average Bonchev–Trinajstić information content (AvgIpc) is 3.29. The number of aliphatic hydroxyl groups excluding tert-OH is 1. The van der Waals surface area contributed by atoms with E-state index in [9.17, 15) is 22.7 Å². The van der Waals surface area contributed by atoms with Crippen LogP contribution in [0.15, 0.2) is 18.5 Å². The average molecular weight is 382 g/mol. The molecule has 0 radical (unpaired) electrons. The quantitative estimate of drug-likeness (QED) is 0.793. The summed E-state index contributed by atoms with van der Waals surface area (Å²) < 4.78 is 55.2. The molecule has 1 unspecified atom stereocenters. The minimum Gasteiger partial charge on any atom is -0.385 e. The first-order valence-corrected chi connectivity index (χ1v) is 8.90. The highest BCUT2D eigenvalue weighted by Crippen LogP contribution is 2.68. The van der Waals surface area contributed by atoms with Gasteiger partial charge >= 0.3 is 6.18 Å². The predicted octanol–water partition coefficient (Wildman–Crippen LogP) is 3.59. The van der Waals surface area contributed by atoms with Crippen LogP contribution in [0.1, 0.15) is 49.6 Å². The maximum absolute atomic E-state index is 14.0. The van der Waals surface area contributed by atoms with Crippen LogP contribution in [0.3, 0.4) is 0 Å². The lowest BCUT2D eigenvalue weighted by molar-refractivity contribution is -0.200. The largest absolute Gasteiger partial charge is 0.419 e. The van der Waals surface area contributed by atoms with Gasteiger partial charge in [0.05, 0.1) is 16.8 Å². The van der Waals surface area contributed by atoms with Crippen molar-refractivity contribution in [2.75, 3.05) is 5.73 Å². The van der Waals surface area contributed by atoms with Crippen molar-refractivity contribution in [2.45, 2.75) is 55.6 Å². The van der Waals surface area contributed by atoms with Crippen LogP contribution in [0.2, 0.25) is 0 Å². The van der Waals surface area contributed by atoms with E-state index in [0.717, 1.165) is 18.9 Å². The van der Waals surface area contributed by atoms with Gasteiger partial charge in [-0.25, -0.2) is 14.4 Å². The number of pyridine rings is 1. The summed E-state index contributed by atoms with van der Waals surface area (Å²) in [6.07, 6.45) is 0.259. The summed E-state index contributed by atoms with van der Waals surface area (Å²) in [5, 5.41) is 10.6. The Morgan fingerprint density at radius 2 is 1.93 bits per heavy atom. The molecule has 2 bridgehead atoms. The molecule has 27 heavy (non-hydrogen) atoms. The van der Waals surface area contributed by atoms with Crippen molar-refractivity contribution in [1.82, 2.24) is 14.5 Å². The lowest BCUT2D eigenvalue weighted by Gasteiger charge is -2.66. The van der Waals surface area contributed by atoms with Crippen molar-refractivity contribution in [3.05, 3.63) is 29.8 Å². The Bertz CT molecular complexity index is 914. The summed E-state index contributed by atoms with van der Waals surface area (Å²) in [4.78, 5) is 8.09. The molecule has 1 atom stereocenters. The highest BCUT2D eigenvalue weighted by Gasteiger charge is 2.71. The Labute approximate surface area is 152 Å². The summed E-state index contributed by atoms with van der Waals surface area (Å²) in [6, 6.07) is 0.918. The number of nitrogens with zero attached hydrogens (tertiary/aromatic N) is 3. The summed E-state index contributed by atoms with van der Waals surface area (Å²) in [5.74, 6) is -0.0942. The zero-order chi connectivity index (χ0) is 19.2. The fourth-order valence-electron chi connectivity index (χ4n) is 4.46. The van der Waals surface area contributed by atoms with Crippen molar-refractivity contribution >= 4 is 5.82 Å². The molecule has 0 spiro atoms. The first-order valence-electron chi connectivity index (χ1n) is 8.90. The van der Waals surface area contributed by atoms with Gasteiger partial charge in [-0.15, -0.1) is 0 Å². The minimum absolute atomic E-state index is 0.0981. The van der Waals surface area contributed by atoms with Gasteiger partial charge in [-0.2, -0.15) is 13.2 Å².